The van der Waals surface area contributed by atoms with Gasteiger partial charge in [-0.05, 0) is 19.3 Å². The summed E-state index contributed by atoms with van der Waals surface area (Å²) in [7, 11) is 0. The van der Waals surface area contributed by atoms with E-state index in [1.807, 2.05) is 0 Å². The molecule has 50 heavy (non-hydrogen) atoms. The average Bonchev–Trinajstić information content (AvgIpc) is 3.11. The molecule has 0 spiro atoms. The molecule has 1 heterocycles. The molecule has 2 amide bonds. The summed E-state index contributed by atoms with van der Waals surface area (Å²) in [6.45, 7) is 5.30. The zero-order valence-corrected chi connectivity index (χ0v) is 32.5. The predicted molar refractivity (Wildman–Crippen MR) is 204 cm³/mol. The van der Waals surface area contributed by atoms with Crippen LogP contribution in [0.15, 0.2) is 0 Å². The lowest BCUT2D eigenvalue weighted by molar-refractivity contribution is -0.283. The van der Waals surface area contributed by atoms with Crippen molar-refractivity contribution in [2.45, 2.75) is 231 Å². The predicted octanol–water partition coefficient (Wildman–Crippen LogP) is 8.08. The van der Waals surface area contributed by atoms with Crippen molar-refractivity contribution < 1.29 is 34.8 Å². The number of hydrogen-bond donors (Lipinski definition) is 5. The van der Waals surface area contributed by atoms with Crippen LogP contribution in [0.5, 0.6) is 0 Å². The molecular weight excluding hydrogens is 632 g/mol. The lowest BCUT2D eigenvalue weighted by Crippen LogP contribution is -2.60. The highest BCUT2D eigenvalue weighted by Gasteiger charge is 2.43. The van der Waals surface area contributed by atoms with E-state index in [9.17, 15) is 30.0 Å². The summed E-state index contributed by atoms with van der Waals surface area (Å²) in [4.78, 5) is 27.3. The van der Waals surface area contributed by atoms with Gasteiger partial charge in [-0.3, -0.25) is 9.59 Å². The molecule has 0 aromatic carbocycles. The summed E-state index contributed by atoms with van der Waals surface area (Å²) in [6, 6.07) is 0. The summed E-state index contributed by atoms with van der Waals surface area (Å²) in [5, 5.41) is 43.5. The Morgan fingerprint density at radius 1 is 0.520 bits per heavy atom. The molecule has 1 rings (SSSR count). The van der Waals surface area contributed by atoms with Crippen molar-refractivity contribution in [3.63, 3.8) is 0 Å². The summed E-state index contributed by atoms with van der Waals surface area (Å²) >= 11 is 0. The summed E-state index contributed by atoms with van der Waals surface area (Å²) < 4.78 is 5.37. The van der Waals surface area contributed by atoms with E-state index in [0.717, 1.165) is 32.1 Å². The highest BCUT2D eigenvalue weighted by molar-refractivity contribution is 5.76. The number of ether oxygens (including phenoxy) is 1. The van der Waals surface area contributed by atoms with E-state index in [1.165, 1.54) is 135 Å². The van der Waals surface area contributed by atoms with E-state index in [1.54, 1.807) is 4.90 Å². The van der Waals surface area contributed by atoms with Crippen LogP contribution in [0.1, 0.15) is 200 Å². The Bertz CT molecular complexity index is 801. The maximum atomic E-state index is 13.3. The number of aliphatic hydroxyl groups excluding tert-OH is 4. The second-order valence-corrected chi connectivity index (χ2v) is 15.1. The molecule has 1 unspecified atom stereocenters. The van der Waals surface area contributed by atoms with Crippen molar-refractivity contribution in [3.05, 3.63) is 0 Å². The first-order chi connectivity index (χ1) is 24.3. The van der Waals surface area contributed by atoms with Crippen LogP contribution in [0.2, 0.25) is 0 Å². The number of carbonyl (C=O) groups excluding carboxylic acids is 2. The van der Waals surface area contributed by atoms with Gasteiger partial charge in [0.2, 0.25) is 11.8 Å². The van der Waals surface area contributed by atoms with Gasteiger partial charge in [0.25, 0.3) is 0 Å². The van der Waals surface area contributed by atoms with Crippen LogP contribution >= 0.6 is 0 Å². The summed E-state index contributed by atoms with van der Waals surface area (Å²) in [6.07, 6.45) is 26.6. The molecule has 0 aromatic heterocycles. The number of unbranched alkanes of at least 4 members (excludes halogenated alkanes) is 24. The Morgan fingerprint density at radius 2 is 0.920 bits per heavy atom. The molecule has 5 atom stereocenters. The molecule has 1 saturated heterocycles. The van der Waals surface area contributed by atoms with Crippen LogP contribution in [0.25, 0.3) is 0 Å². The monoisotopic (exact) mass is 713 g/mol. The van der Waals surface area contributed by atoms with Gasteiger partial charge in [-0.1, -0.05) is 168 Å². The first-order valence-electron chi connectivity index (χ1n) is 21.2. The second kappa shape index (κ2) is 32.4. The minimum atomic E-state index is -1.64. The van der Waals surface area contributed by atoms with Crippen LogP contribution < -0.4 is 5.32 Å². The smallest absolute Gasteiger partial charge is 0.222 e. The lowest BCUT2D eigenvalue weighted by atomic mass is 9.98. The molecule has 0 radical (unpaired) electrons. The van der Waals surface area contributed by atoms with Crippen LogP contribution in [0.4, 0.5) is 0 Å². The largest absolute Gasteiger partial charge is 0.388 e. The first kappa shape index (κ1) is 46.8. The molecule has 1 aliphatic rings. The Kier molecular flexibility index (Phi) is 30.3. The van der Waals surface area contributed by atoms with Crippen molar-refractivity contribution in [2.24, 2.45) is 0 Å². The van der Waals surface area contributed by atoms with E-state index in [2.05, 4.69) is 19.2 Å². The maximum absolute atomic E-state index is 13.3. The first-order valence-corrected chi connectivity index (χ1v) is 21.2. The van der Waals surface area contributed by atoms with Crippen LogP contribution in [0, 0.1) is 0 Å². The lowest BCUT2D eigenvalue weighted by Gasteiger charge is -2.40. The second-order valence-electron chi connectivity index (χ2n) is 15.1. The fourth-order valence-electron chi connectivity index (χ4n) is 6.96. The van der Waals surface area contributed by atoms with E-state index >= 15 is 0 Å². The van der Waals surface area contributed by atoms with Gasteiger partial charge in [0.05, 0.1) is 0 Å². The van der Waals surface area contributed by atoms with Gasteiger partial charge >= 0.3 is 0 Å². The van der Waals surface area contributed by atoms with Gasteiger partial charge < -0.3 is 35.4 Å². The topological polar surface area (TPSA) is 140 Å². The van der Waals surface area contributed by atoms with E-state index < -0.39 is 30.7 Å². The minimum Gasteiger partial charge on any atom is -0.388 e. The number of amides is 2. The Morgan fingerprint density at radius 3 is 1.36 bits per heavy atom. The molecule has 1 aliphatic heterocycles. The molecule has 9 heteroatoms. The number of hydrogen-bond acceptors (Lipinski definition) is 7. The molecule has 9 nitrogen and oxygen atoms in total. The van der Waals surface area contributed by atoms with Gasteiger partial charge in [0.1, 0.15) is 24.4 Å². The van der Waals surface area contributed by atoms with Crippen molar-refractivity contribution in [1.29, 1.82) is 0 Å². The zero-order chi connectivity index (χ0) is 36.7. The fourth-order valence-corrected chi connectivity index (χ4v) is 6.96. The number of rotatable bonds is 34. The highest BCUT2D eigenvalue weighted by Crippen LogP contribution is 2.22. The Hall–Kier alpha value is -1.26. The van der Waals surface area contributed by atoms with Gasteiger partial charge in [-0.15, -0.1) is 0 Å². The van der Waals surface area contributed by atoms with Gasteiger partial charge in [-0.25, -0.2) is 0 Å². The van der Waals surface area contributed by atoms with E-state index in [0.29, 0.717) is 32.4 Å². The SMILES string of the molecule is CCCCCCCCCCCCCCCC(=O)NCCCN(C[C@H]1OC(O)[C@H](O)[C@@H](O)[C@H]1O)C(=O)CCCCCCCCCCCCCCC. The number of aliphatic hydroxyl groups is 4. The van der Waals surface area contributed by atoms with Gasteiger partial charge in [0.15, 0.2) is 6.29 Å². The standard InChI is InChI=1S/C41H80N2O7/c1-3-5-7-9-11-13-15-17-19-21-23-25-27-30-36(44)42-32-29-33-43(34-35-38(46)39(47)40(48)41(49)50-35)37(45)31-28-26-24-22-20-18-16-14-12-10-8-6-4-2/h35,38-41,46-49H,3-34H2,1-2H3,(H,42,44)/t35-,38+,39+,40-,41?/m1/s1. The molecule has 0 bridgehead atoms. The maximum Gasteiger partial charge on any atom is 0.222 e. The van der Waals surface area contributed by atoms with E-state index in [4.69, 9.17) is 4.74 Å². The minimum absolute atomic E-state index is 0.00775. The molecule has 0 saturated carbocycles. The zero-order valence-electron chi connectivity index (χ0n) is 32.5. The van der Waals surface area contributed by atoms with E-state index in [-0.39, 0.29) is 18.4 Å². The number of nitrogens with zero attached hydrogens (tertiary/aromatic N) is 1. The van der Waals surface area contributed by atoms with Crippen LogP contribution in [-0.2, 0) is 14.3 Å². The van der Waals surface area contributed by atoms with Crippen molar-refractivity contribution >= 4 is 11.8 Å². The highest BCUT2D eigenvalue weighted by atomic mass is 16.6. The molecule has 1 fully saturated rings. The normalized spacial score (nSPS) is 20.6. The molecule has 296 valence electrons. The number of nitrogens with one attached hydrogen (secondary N) is 1. The Balaban J connectivity index is 2.28. The van der Waals surface area contributed by atoms with Crippen LogP contribution in [0.3, 0.4) is 0 Å². The summed E-state index contributed by atoms with van der Waals surface area (Å²) in [5.74, 6) is -0.0403. The molecule has 0 aliphatic carbocycles. The molecular formula is C41H80N2O7. The third kappa shape index (κ3) is 24.1. The third-order valence-corrected chi connectivity index (χ3v) is 10.4. The molecule has 5 N–H and O–H groups in total. The van der Waals surface area contributed by atoms with Gasteiger partial charge in [0, 0.05) is 32.5 Å². The fraction of sp³-hybridized carbons (Fsp3) is 0.951. The average molecular weight is 713 g/mol. The van der Waals surface area contributed by atoms with Crippen LogP contribution in [-0.4, -0.2) is 87.5 Å². The summed E-state index contributed by atoms with van der Waals surface area (Å²) in [5.41, 5.74) is 0. The van der Waals surface area contributed by atoms with Gasteiger partial charge in [-0.2, -0.15) is 0 Å². The Labute approximate surface area is 306 Å². The quantitative estimate of drug-likeness (QED) is 0.0425. The third-order valence-electron chi connectivity index (χ3n) is 10.4. The molecule has 0 aromatic rings. The van der Waals surface area contributed by atoms with Crippen molar-refractivity contribution in [3.8, 4) is 0 Å². The van der Waals surface area contributed by atoms with Crippen molar-refractivity contribution in [1.82, 2.24) is 10.2 Å². The number of carbonyl (C=O) groups is 2. The van der Waals surface area contributed by atoms with Crippen molar-refractivity contribution in [2.75, 3.05) is 19.6 Å².